The molecule has 3 nitrogen and oxygen atoms in total. The van der Waals surface area contributed by atoms with Crippen molar-refractivity contribution in [3.8, 4) is 0 Å². The first-order valence-electron chi connectivity index (χ1n) is 8.15. The maximum Gasteiger partial charge on any atom is 0.108 e. The number of para-hydroxylation sites is 1. The predicted octanol–water partition coefficient (Wildman–Crippen LogP) is 3.40. The van der Waals surface area contributed by atoms with Crippen molar-refractivity contribution in [1.82, 2.24) is 15.2 Å². The van der Waals surface area contributed by atoms with Gasteiger partial charge in [0.15, 0.2) is 0 Å². The number of benzene rings is 1. The van der Waals surface area contributed by atoms with Crippen LogP contribution in [0.3, 0.4) is 0 Å². The molecule has 0 radical (unpaired) electrons. The second kappa shape index (κ2) is 5.67. The van der Waals surface area contributed by atoms with Crippen LogP contribution in [0.15, 0.2) is 24.3 Å². The van der Waals surface area contributed by atoms with Crippen molar-refractivity contribution in [1.29, 1.82) is 0 Å². The summed E-state index contributed by atoms with van der Waals surface area (Å²) in [4.78, 5) is 7.44. The number of nitrogens with one attached hydrogen (secondary N) is 1. The SMILES string of the molecule is c1ccc2sc(CN3CCCNC4(CCCC4)C3)nc2c1. The van der Waals surface area contributed by atoms with Gasteiger partial charge in [-0.25, -0.2) is 4.98 Å². The van der Waals surface area contributed by atoms with Crippen molar-refractivity contribution < 1.29 is 0 Å². The molecule has 2 aliphatic rings. The van der Waals surface area contributed by atoms with Gasteiger partial charge in [-0.1, -0.05) is 25.0 Å². The number of aromatic nitrogens is 1. The summed E-state index contributed by atoms with van der Waals surface area (Å²) in [7, 11) is 0. The molecule has 4 rings (SSSR count). The first kappa shape index (κ1) is 13.7. The van der Waals surface area contributed by atoms with E-state index in [4.69, 9.17) is 4.98 Å². The molecule has 2 heterocycles. The van der Waals surface area contributed by atoms with E-state index in [2.05, 4.69) is 34.5 Å². The first-order valence-corrected chi connectivity index (χ1v) is 8.97. The van der Waals surface area contributed by atoms with Gasteiger partial charge >= 0.3 is 0 Å². The average Bonchev–Trinajstić information content (AvgIpc) is 3.04. The van der Waals surface area contributed by atoms with Crippen molar-refractivity contribution in [2.24, 2.45) is 0 Å². The van der Waals surface area contributed by atoms with E-state index >= 15 is 0 Å². The number of hydrogen-bond donors (Lipinski definition) is 1. The topological polar surface area (TPSA) is 28.2 Å². The second-order valence-electron chi connectivity index (χ2n) is 6.55. The van der Waals surface area contributed by atoms with Crippen LogP contribution < -0.4 is 5.32 Å². The Balaban J connectivity index is 1.52. The predicted molar refractivity (Wildman–Crippen MR) is 88.7 cm³/mol. The summed E-state index contributed by atoms with van der Waals surface area (Å²) in [6, 6.07) is 8.49. The first-order chi connectivity index (χ1) is 10.3. The van der Waals surface area contributed by atoms with E-state index in [0.29, 0.717) is 5.54 Å². The van der Waals surface area contributed by atoms with Gasteiger partial charge in [0.1, 0.15) is 5.01 Å². The van der Waals surface area contributed by atoms with Gasteiger partial charge in [0.05, 0.1) is 16.8 Å². The van der Waals surface area contributed by atoms with Crippen LogP contribution in [-0.4, -0.2) is 35.1 Å². The smallest absolute Gasteiger partial charge is 0.108 e. The summed E-state index contributed by atoms with van der Waals surface area (Å²) in [5, 5.41) is 5.11. The molecular weight excluding hydrogens is 278 g/mol. The molecule has 112 valence electrons. The molecule has 1 saturated heterocycles. The number of thiazole rings is 1. The largest absolute Gasteiger partial charge is 0.310 e. The van der Waals surface area contributed by atoms with Crippen LogP contribution in [0.25, 0.3) is 10.2 Å². The summed E-state index contributed by atoms with van der Waals surface area (Å²) in [6.07, 6.45) is 6.74. The van der Waals surface area contributed by atoms with Gasteiger partial charge in [-0.05, 0) is 44.5 Å². The van der Waals surface area contributed by atoms with E-state index in [9.17, 15) is 0 Å². The molecule has 1 saturated carbocycles. The minimum Gasteiger partial charge on any atom is -0.310 e. The monoisotopic (exact) mass is 301 g/mol. The van der Waals surface area contributed by atoms with Crippen LogP contribution in [0.2, 0.25) is 0 Å². The standard InChI is InChI=1S/C17H23N3S/c1-2-7-15-14(6-1)19-16(21-15)12-20-11-5-10-18-17(13-20)8-3-4-9-17/h1-2,6-7,18H,3-5,8-13H2. The maximum absolute atomic E-state index is 4.81. The zero-order valence-corrected chi connectivity index (χ0v) is 13.3. The van der Waals surface area contributed by atoms with E-state index in [-0.39, 0.29) is 0 Å². The fourth-order valence-electron chi connectivity index (χ4n) is 3.92. The zero-order chi connectivity index (χ0) is 14.1. The molecular formula is C17H23N3S. The van der Waals surface area contributed by atoms with Crippen LogP contribution in [-0.2, 0) is 6.54 Å². The summed E-state index contributed by atoms with van der Waals surface area (Å²) in [5.74, 6) is 0. The Morgan fingerprint density at radius 1 is 1.19 bits per heavy atom. The van der Waals surface area contributed by atoms with Gasteiger partial charge < -0.3 is 5.32 Å². The quantitative estimate of drug-likeness (QED) is 0.921. The molecule has 2 fully saturated rings. The Kier molecular flexibility index (Phi) is 3.69. The summed E-state index contributed by atoms with van der Waals surface area (Å²) in [5.41, 5.74) is 1.55. The summed E-state index contributed by atoms with van der Waals surface area (Å²) >= 11 is 1.86. The van der Waals surface area contributed by atoms with E-state index in [0.717, 1.165) is 12.1 Å². The maximum atomic E-state index is 4.81. The van der Waals surface area contributed by atoms with Gasteiger partial charge in [-0.2, -0.15) is 0 Å². The fourth-order valence-corrected chi connectivity index (χ4v) is 4.93. The fraction of sp³-hybridized carbons (Fsp3) is 0.588. The molecule has 4 heteroatoms. The molecule has 1 spiro atoms. The molecule has 2 aromatic rings. The van der Waals surface area contributed by atoms with Crippen molar-refractivity contribution in [2.75, 3.05) is 19.6 Å². The van der Waals surface area contributed by atoms with Crippen LogP contribution in [0, 0.1) is 0 Å². The Labute approximate surface area is 130 Å². The number of hydrogen-bond acceptors (Lipinski definition) is 4. The lowest BCUT2D eigenvalue weighted by molar-refractivity contribution is 0.203. The van der Waals surface area contributed by atoms with Gasteiger partial charge in [0.25, 0.3) is 0 Å². The lowest BCUT2D eigenvalue weighted by atomic mass is 9.97. The number of fused-ring (bicyclic) bond motifs is 1. The minimum atomic E-state index is 0.396. The zero-order valence-electron chi connectivity index (χ0n) is 12.5. The van der Waals surface area contributed by atoms with E-state index < -0.39 is 0 Å². The molecule has 0 bridgehead atoms. The van der Waals surface area contributed by atoms with E-state index in [1.165, 1.54) is 61.4 Å². The highest BCUT2D eigenvalue weighted by molar-refractivity contribution is 7.18. The van der Waals surface area contributed by atoms with Crippen LogP contribution >= 0.6 is 11.3 Å². The molecule has 0 atom stereocenters. The van der Waals surface area contributed by atoms with Crippen molar-refractivity contribution >= 4 is 21.6 Å². The molecule has 1 aromatic heterocycles. The Morgan fingerprint density at radius 2 is 2.05 bits per heavy atom. The number of nitrogens with zero attached hydrogens (tertiary/aromatic N) is 2. The van der Waals surface area contributed by atoms with Crippen LogP contribution in [0.4, 0.5) is 0 Å². The number of rotatable bonds is 2. The summed E-state index contributed by atoms with van der Waals surface area (Å²) in [6.45, 7) is 4.59. The van der Waals surface area contributed by atoms with E-state index in [1.54, 1.807) is 0 Å². The molecule has 21 heavy (non-hydrogen) atoms. The highest BCUT2D eigenvalue weighted by Crippen LogP contribution is 2.32. The lowest BCUT2D eigenvalue weighted by Crippen LogP contribution is -2.49. The molecule has 1 aromatic carbocycles. The van der Waals surface area contributed by atoms with Crippen molar-refractivity contribution in [2.45, 2.75) is 44.2 Å². The van der Waals surface area contributed by atoms with Gasteiger partial charge in [0, 0.05) is 12.1 Å². The summed E-state index contributed by atoms with van der Waals surface area (Å²) < 4.78 is 1.32. The second-order valence-corrected chi connectivity index (χ2v) is 7.67. The molecule has 0 unspecified atom stereocenters. The molecule has 0 amide bonds. The van der Waals surface area contributed by atoms with Crippen molar-refractivity contribution in [3.63, 3.8) is 0 Å². The lowest BCUT2D eigenvalue weighted by Gasteiger charge is -2.33. The van der Waals surface area contributed by atoms with E-state index in [1.807, 2.05) is 11.3 Å². The highest BCUT2D eigenvalue weighted by Gasteiger charge is 2.36. The highest BCUT2D eigenvalue weighted by atomic mass is 32.1. The normalized spacial score (nSPS) is 22.9. The third kappa shape index (κ3) is 2.85. The van der Waals surface area contributed by atoms with Crippen LogP contribution in [0.1, 0.15) is 37.1 Å². The molecule has 1 aliphatic carbocycles. The third-order valence-corrected chi connectivity index (χ3v) is 5.96. The van der Waals surface area contributed by atoms with Crippen molar-refractivity contribution in [3.05, 3.63) is 29.3 Å². The Bertz CT molecular complexity index is 582. The molecule has 1 N–H and O–H groups in total. The van der Waals surface area contributed by atoms with Crippen LogP contribution in [0.5, 0.6) is 0 Å². The van der Waals surface area contributed by atoms with Gasteiger partial charge in [0.2, 0.25) is 0 Å². The minimum absolute atomic E-state index is 0.396. The van der Waals surface area contributed by atoms with Gasteiger partial charge in [-0.3, -0.25) is 4.90 Å². The Morgan fingerprint density at radius 3 is 2.90 bits per heavy atom. The molecule has 1 aliphatic heterocycles. The average molecular weight is 301 g/mol. The van der Waals surface area contributed by atoms with Gasteiger partial charge in [-0.15, -0.1) is 11.3 Å². The Hall–Kier alpha value is -0.970. The third-order valence-electron chi connectivity index (χ3n) is 4.94.